The number of halogens is 1. The minimum atomic E-state index is -0.104. The molecule has 0 atom stereocenters. The number of amides is 2. The summed E-state index contributed by atoms with van der Waals surface area (Å²) < 4.78 is 1.07. The van der Waals surface area contributed by atoms with E-state index in [1.807, 2.05) is 25.1 Å². The van der Waals surface area contributed by atoms with E-state index in [-0.39, 0.29) is 6.03 Å². The standard InChI is InChI=1S/C11H15BrN2O/c1-2-13-11(15)14-7-6-9-4-3-5-10(12)8-9/h3-5,8H,2,6-7H2,1H3,(H2,13,14,15). The highest BCUT2D eigenvalue weighted by Crippen LogP contribution is 2.11. The molecular formula is C11H15BrN2O. The predicted molar refractivity (Wildman–Crippen MR) is 64.9 cm³/mol. The number of benzene rings is 1. The fourth-order valence-electron chi connectivity index (χ4n) is 1.24. The molecule has 0 aliphatic carbocycles. The van der Waals surface area contributed by atoms with Gasteiger partial charge in [-0.05, 0) is 31.0 Å². The molecule has 4 heteroatoms. The highest BCUT2D eigenvalue weighted by molar-refractivity contribution is 9.10. The lowest BCUT2D eigenvalue weighted by atomic mass is 10.1. The average molecular weight is 271 g/mol. The maximum absolute atomic E-state index is 11.1. The van der Waals surface area contributed by atoms with Gasteiger partial charge in [0.05, 0.1) is 0 Å². The summed E-state index contributed by atoms with van der Waals surface area (Å²) >= 11 is 3.41. The van der Waals surface area contributed by atoms with Crippen LogP contribution in [0.5, 0.6) is 0 Å². The van der Waals surface area contributed by atoms with Crippen molar-refractivity contribution in [2.45, 2.75) is 13.3 Å². The van der Waals surface area contributed by atoms with Gasteiger partial charge in [-0.15, -0.1) is 0 Å². The number of carbonyl (C=O) groups excluding carboxylic acids is 1. The molecular weight excluding hydrogens is 256 g/mol. The fraction of sp³-hybridized carbons (Fsp3) is 0.364. The average Bonchev–Trinajstić information content (AvgIpc) is 2.18. The first kappa shape index (κ1) is 12.0. The molecule has 2 N–H and O–H groups in total. The summed E-state index contributed by atoms with van der Waals surface area (Å²) in [6.07, 6.45) is 0.844. The third-order valence-electron chi connectivity index (χ3n) is 1.93. The normalized spacial score (nSPS) is 9.73. The molecule has 0 heterocycles. The molecule has 0 fully saturated rings. The Morgan fingerprint density at radius 1 is 1.40 bits per heavy atom. The lowest BCUT2D eigenvalue weighted by Crippen LogP contribution is -2.36. The van der Waals surface area contributed by atoms with Gasteiger partial charge in [0.25, 0.3) is 0 Å². The zero-order valence-corrected chi connectivity index (χ0v) is 10.3. The van der Waals surface area contributed by atoms with Crippen LogP contribution in [-0.4, -0.2) is 19.1 Å². The second-order valence-electron chi connectivity index (χ2n) is 3.17. The molecule has 0 spiro atoms. The molecule has 2 amide bonds. The first-order chi connectivity index (χ1) is 7.22. The van der Waals surface area contributed by atoms with Crippen LogP contribution in [-0.2, 0) is 6.42 Å². The molecule has 0 saturated carbocycles. The topological polar surface area (TPSA) is 41.1 Å². The van der Waals surface area contributed by atoms with Crippen molar-refractivity contribution < 1.29 is 4.79 Å². The fourth-order valence-corrected chi connectivity index (χ4v) is 1.68. The van der Waals surface area contributed by atoms with Crippen LogP contribution in [0.3, 0.4) is 0 Å². The SMILES string of the molecule is CCNC(=O)NCCc1cccc(Br)c1. The van der Waals surface area contributed by atoms with Crippen molar-refractivity contribution in [1.29, 1.82) is 0 Å². The van der Waals surface area contributed by atoms with Crippen molar-refractivity contribution in [2.75, 3.05) is 13.1 Å². The lowest BCUT2D eigenvalue weighted by molar-refractivity contribution is 0.241. The molecule has 0 saturated heterocycles. The summed E-state index contributed by atoms with van der Waals surface area (Å²) in [5.41, 5.74) is 1.21. The lowest BCUT2D eigenvalue weighted by Gasteiger charge is -2.05. The summed E-state index contributed by atoms with van der Waals surface area (Å²) in [5, 5.41) is 5.47. The Balaban J connectivity index is 2.28. The van der Waals surface area contributed by atoms with Crippen molar-refractivity contribution in [3.05, 3.63) is 34.3 Å². The predicted octanol–water partition coefficient (Wildman–Crippen LogP) is 2.31. The third-order valence-corrected chi connectivity index (χ3v) is 2.42. The summed E-state index contributed by atoms with van der Waals surface area (Å²) in [4.78, 5) is 11.1. The van der Waals surface area contributed by atoms with Crippen molar-refractivity contribution >= 4 is 22.0 Å². The van der Waals surface area contributed by atoms with Gasteiger partial charge in [-0.3, -0.25) is 0 Å². The highest BCUT2D eigenvalue weighted by Gasteiger charge is 1.97. The van der Waals surface area contributed by atoms with Crippen LogP contribution in [0.25, 0.3) is 0 Å². The second kappa shape index (κ2) is 6.45. The van der Waals surface area contributed by atoms with Crippen LogP contribution in [0.15, 0.2) is 28.7 Å². The molecule has 0 radical (unpaired) electrons. The number of carbonyl (C=O) groups is 1. The molecule has 0 unspecified atom stereocenters. The smallest absolute Gasteiger partial charge is 0.314 e. The van der Waals surface area contributed by atoms with Gasteiger partial charge >= 0.3 is 6.03 Å². The Morgan fingerprint density at radius 3 is 2.87 bits per heavy atom. The van der Waals surface area contributed by atoms with Crippen LogP contribution < -0.4 is 10.6 Å². The van der Waals surface area contributed by atoms with Gasteiger partial charge in [-0.25, -0.2) is 4.79 Å². The van der Waals surface area contributed by atoms with Crippen LogP contribution in [0, 0.1) is 0 Å². The zero-order chi connectivity index (χ0) is 11.1. The Bertz CT molecular complexity index is 328. The second-order valence-corrected chi connectivity index (χ2v) is 4.08. The Labute approximate surface area is 98.4 Å². The molecule has 0 bridgehead atoms. The Morgan fingerprint density at radius 2 is 2.20 bits per heavy atom. The maximum Gasteiger partial charge on any atom is 0.314 e. The monoisotopic (exact) mass is 270 g/mol. The maximum atomic E-state index is 11.1. The Kier molecular flexibility index (Phi) is 5.18. The van der Waals surface area contributed by atoms with Gasteiger partial charge in [-0.1, -0.05) is 28.1 Å². The van der Waals surface area contributed by atoms with Crippen LogP contribution in [0.4, 0.5) is 4.79 Å². The minimum absolute atomic E-state index is 0.104. The summed E-state index contributed by atoms with van der Waals surface area (Å²) in [6.45, 7) is 3.21. The zero-order valence-electron chi connectivity index (χ0n) is 8.72. The number of rotatable bonds is 4. The number of hydrogen-bond donors (Lipinski definition) is 2. The van der Waals surface area contributed by atoms with E-state index in [0.717, 1.165) is 10.9 Å². The van der Waals surface area contributed by atoms with E-state index < -0.39 is 0 Å². The van der Waals surface area contributed by atoms with Crippen molar-refractivity contribution in [2.24, 2.45) is 0 Å². The molecule has 1 rings (SSSR count). The van der Waals surface area contributed by atoms with Gasteiger partial charge in [0.1, 0.15) is 0 Å². The molecule has 1 aromatic carbocycles. The van der Waals surface area contributed by atoms with E-state index in [2.05, 4.69) is 32.6 Å². The molecule has 1 aromatic rings. The third kappa shape index (κ3) is 4.83. The first-order valence-electron chi connectivity index (χ1n) is 4.98. The molecule has 3 nitrogen and oxygen atoms in total. The molecule has 0 aliphatic rings. The van der Waals surface area contributed by atoms with Crippen molar-refractivity contribution in [3.63, 3.8) is 0 Å². The molecule has 0 aliphatic heterocycles. The number of urea groups is 1. The largest absolute Gasteiger partial charge is 0.338 e. The quantitative estimate of drug-likeness (QED) is 0.866. The van der Waals surface area contributed by atoms with Gasteiger partial charge in [0.2, 0.25) is 0 Å². The summed E-state index contributed by atoms with van der Waals surface area (Å²) in [7, 11) is 0. The van der Waals surface area contributed by atoms with E-state index in [4.69, 9.17) is 0 Å². The summed E-state index contributed by atoms with van der Waals surface area (Å²) in [5.74, 6) is 0. The summed E-state index contributed by atoms with van der Waals surface area (Å²) in [6, 6.07) is 7.98. The molecule has 15 heavy (non-hydrogen) atoms. The first-order valence-corrected chi connectivity index (χ1v) is 5.78. The van der Waals surface area contributed by atoms with Crippen LogP contribution in [0.1, 0.15) is 12.5 Å². The highest BCUT2D eigenvalue weighted by atomic mass is 79.9. The minimum Gasteiger partial charge on any atom is -0.338 e. The van der Waals surface area contributed by atoms with E-state index >= 15 is 0 Å². The Hall–Kier alpha value is -1.03. The van der Waals surface area contributed by atoms with Crippen LogP contribution >= 0.6 is 15.9 Å². The number of hydrogen-bond acceptors (Lipinski definition) is 1. The van der Waals surface area contributed by atoms with Crippen molar-refractivity contribution in [3.8, 4) is 0 Å². The van der Waals surface area contributed by atoms with E-state index in [1.165, 1.54) is 5.56 Å². The number of nitrogens with one attached hydrogen (secondary N) is 2. The van der Waals surface area contributed by atoms with E-state index in [9.17, 15) is 4.79 Å². The van der Waals surface area contributed by atoms with Gasteiger partial charge < -0.3 is 10.6 Å². The van der Waals surface area contributed by atoms with E-state index in [0.29, 0.717) is 13.1 Å². The molecule has 82 valence electrons. The van der Waals surface area contributed by atoms with E-state index in [1.54, 1.807) is 0 Å². The molecule has 0 aromatic heterocycles. The van der Waals surface area contributed by atoms with Gasteiger partial charge in [-0.2, -0.15) is 0 Å². The van der Waals surface area contributed by atoms with Gasteiger partial charge in [0, 0.05) is 17.6 Å². The van der Waals surface area contributed by atoms with Crippen molar-refractivity contribution in [1.82, 2.24) is 10.6 Å². The van der Waals surface area contributed by atoms with Crippen LogP contribution in [0.2, 0.25) is 0 Å². The van der Waals surface area contributed by atoms with Gasteiger partial charge in [0.15, 0.2) is 0 Å².